The van der Waals surface area contributed by atoms with Crippen LogP contribution in [0.4, 0.5) is 17.1 Å². The molecule has 3 heteroatoms. The first-order valence-electron chi connectivity index (χ1n) is 11.4. The van der Waals surface area contributed by atoms with E-state index in [-0.39, 0.29) is 12.0 Å². The molecule has 4 aromatic carbocycles. The van der Waals surface area contributed by atoms with Gasteiger partial charge in [0.2, 0.25) is 0 Å². The fourth-order valence-electron chi connectivity index (χ4n) is 5.16. The highest BCUT2D eigenvalue weighted by molar-refractivity contribution is 6.88. The first-order chi connectivity index (χ1) is 15.2. The molecule has 5 rings (SSSR count). The Labute approximate surface area is 192 Å². The summed E-state index contributed by atoms with van der Waals surface area (Å²) in [5.74, 6) is 0. The van der Waals surface area contributed by atoms with Crippen molar-refractivity contribution in [3.05, 3.63) is 95.6 Å². The van der Waals surface area contributed by atoms with Crippen molar-refractivity contribution < 1.29 is 5.11 Å². The van der Waals surface area contributed by atoms with E-state index in [0.717, 1.165) is 5.56 Å². The molecular formula is C29H31NOSi. The zero-order chi connectivity index (χ0) is 22.7. The van der Waals surface area contributed by atoms with Gasteiger partial charge in [0.25, 0.3) is 0 Å². The van der Waals surface area contributed by atoms with E-state index in [4.69, 9.17) is 0 Å². The second-order valence-corrected chi connectivity index (χ2v) is 15.5. The highest BCUT2D eigenvalue weighted by Gasteiger charge is 2.38. The Kier molecular flexibility index (Phi) is 4.81. The van der Waals surface area contributed by atoms with E-state index in [1.54, 1.807) is 0 Å². The molecule has 1 N–H and O–H groups in total. The molecule has 0 bridgehead atoms. The monoisotopic (exact) mass is 437 g/mol. The minimum Gasteiger partial charge on any atom is -0.392 e. The van der Waals surface area contributed by atoms with E-state index in [1.807, 2.05) is 6.07 Å². The van der Waals surface area contributed by atoms with Gasteiger partial charge in [0.1, 0.15) is 0 Å². The van der Waals surface area contributed by atoms with Gasteiger partial charge in [-0.25, -0.2) is 0 Å². The molecule has 1 aliphatic rings. The van der Waals surface area contributed by atoms with Crippen molar-refractivity contribution in [2.45, 2.75) is 45.5 Å². The average molecular weight is 438 g/mol. The normalized spacial score (nSPS) is 14.9. The number of benzene rings is 4. The molecule has 1 aliphatic heterocycles. The fourth-order valence-corrected chi connectivity index (χ4v) is 6.33. The standard InChI is InChI=1S/C29H31NOSi/c1-29(2)25-8-6-7-9-26(25)30(22-12-14-23(15-13-22)32(3,4)5)27-17-11-21-18-20(19-31)10-16-24(21)28(27)29/h6-18,31H,19H2,1-5H3. The molecule has 32 heavy (non-hydrogen) atoms. The SMILES string of the molecule is CC1(C)c2ccccc2N(c2ccc([Si](C)(C)C)cc2)c2ccc3cc(CO)ccc3c21. The summed E-state index contributed by atoms with van der Waals surface area (Å²) in [5.41, 5.74) is 7.16. The Balaban J connectivity index is 1.79. The Morgan fingerprint density at radius 1 is 0.812 bits per heavy atom. The molecule has 0 aromatic heterocycles. The average Bonchev–Trinajstić information content (AvgIpc) is 2.78. The van der Waals surface area contributed by atoms with Gasteiger partial charge in [-0.15, -0.1) is 0 Å². The molecule has 0 amide bonds. The van der Waals surface area contributed by atoms with Gasteiger partial charge in [-0.05, 0) is 57.8 Å². The van der Waals surface area contributed by atoms with Gasteiger partial charge in [-0.3, -0.25) is 0 Å². The van der Waals surface area contributed by atoms with Crippen LogP contribution in [0.2, 0.25) is 19.6 Å². The minimum absolute atomic E-state index is 0.0643. The molecule has 0 unspecified atom stereocenters. The van der Waals surface area contributed by atoms with E-state index >= 15 is 0 Å². The summed E-state index contributed by atoms with van der Waals surface area (Å²) < 4.78 is 0. The van der Waals surface area contributed by atoms with Crippen molar-refractivity contribution in [3.8, 4) is 0 Å². The summed E-state index contributed by atoms with van der Waals surface area (Å²) in [5, 5.41) is 13.5. The summed E-state index contributed by atoms with van der Waals surface area (Å²) in [6, 6.07) is 28.8. The molecule has 0 saturated heterocycles. The van der Waals surface area contributed by atoms with Crippen molar-refractivity contribution in [3.63, 3.8) is 0 Å². The van der Waals surface area contributed by atoms with Crippen molar-refractivity contribution in [2.75, 3.05) is 4.90 Å². The van der Waals surface area contributed by atoms with E-state index in [2.05, 4.69) is 111 Å². The molecule has 0 aliphatic carbocycles. The first kappa shape index (κ1) is 21.0. The van der Waals surface area contributed by atoms with Crippen molar-refractivity contribution in [1.82, 2.24) is 0 Å². The Hall–Kier alpha value is -2.88. The van der Waals surface area contributed by atoms with Crippen LogP contribution >= 0.6 is 0 Å². The number of para-hydroxylation sites is 1. The van der Waals surface area contributed by atoms with E-state index < -0.39 is 8.07 Å². The lowest BCUT2D eigenvalue weighted by molar-refractivity contribution is 0.282. The maximum Gasteiger partial charge on any atom is 0.0775 e. The molecular weight excluding hydrogens is 406 g/mol. The lowest BCUT2D eigenvalue weighted by atomic mass is 9.71. The van der Waals surface area contributed by atoms with Gasteiger partial charge in [-0.2, -0.15) is 0 Å². The van der Waals surface area contributed by atoms with Crippen LogP contribution in [0.1, 0.15) is 30.5 Å². The van der Waals surface area contributed by atoms with Gasteiger partial charge in [-0.1, -0.05) is 87.2 Å². The Morgan fingerprint density at radius 2 is 1.53 bits per heavy atom. The zero-order valence-electron chi connectivity index (χ0n) is 19.6. The second-order valence-electron chi connectivity index (χ2n) is 10.4. The van der Waals surface area contributed by atoms with Crippen LogP contribution in [0.25, 0.3) is 10.8 Å². The number of rotatable bonds is 3. The predicted molar refractivity (Wildman–Crippen MR) is 140 cm³/mol. The molecule has 0 radical (unpaired) electrons. The molecule has 0 saturated carbocycles. The van der Waals surface area contributed by atoms with Crippen molar-refractivity contribution in [1.29, 1.82) is 0 Å². The number of aliphatic hydroxyl groups excluding tert-OH is 1. The van der Waals surface area contributed by atoms with E-state index in [1.165, 1.54) is 44.1 Å². The third kappa shape index (κ3) is 3.19. The van der Waals surface area contributed by atoms with Crippen LogP contribution in [0.5, 0.6) is 0 Å². The smallest absolute Gasteiger partial charge is 0.0775 e. The number of aliphatic hydroxyl groups is 1. The lowest BCUT2D eigenvalue weighted by Gasteiger charge is -2.42. The second kappa shape index (κ2) is 7.33. The third-order valence-corrected chi connectivity index (χ3v) is 8.99. The van der Waals surface area contributed by atoms with Crippen molar-refractivity contribution >= 4 is 41.1 Å². The van der Waals surface area contributed by atoms with Gasteiger partial charge in [0.15, 0.2) is 0 Å². The predicted octanol–water partition coefficient (Wildman–Crippen LogP) is 6.99. The van der Waals surface area contributed by atoms with E-state index in [0.29, 0.717) is 0 Å². The molecule has 0 spiro atoms. The molecule has 1 heterocycles. The summed E-state index contributed by atoms with van der Waals surface area (Å²) in [6.07, 6.45) is 0. The largest absolute Gasteiger partial charge is 0.392 e. The number of nitrogens with zero attached hydrogens (tertiary/aromatic N) is 1. The van der Waals surface area contributed by atoms with Crippen LogP contribution in [0, 0.1) is 0 Å². The van der Waals surface area contributed by atoms with Crippen LogP contribution in [-0.2, 0) is 12.0 Å². The van der Waals surface area contributed by atoms with Gasteiger partial charge in [0.05, 0.1) is 26.1 Å². The number of anilines is 3. The molecule has 2 nitrogen and oxygen atoms in total. The molecule has 162 valence electrons. The lowest BCUT2D eigenvalue weighted by Crippen LogP contribution is -2.37. The van der Waals surface area contributed by atoms with Crippen LogP contribution in [0.15, 0.2) is 78.9 Å². The number of hydrogen-bond acceptors (Lipinski definition) is 2. The van der Waals surface area contributed by atoms with Crippen LogP contribution in [0.3, 0.4) is 0 Å². The van der Waals surface area contributed by atoms with Crippen LogP contribution < -0.4 is 10.1 Å². The number of hydrogen-bond donors (Lipinski definition) is 1. The zero-order valence-corrected chi connectivity index (χ0v) is 20.6. The van der Waals surface area contributed by atoms with E-state index in [9.17, 15) is 5.11 Å². The fraction of sp³-hybridized carbons (Fsp3) is 0.241. The Bertz CT molecular complexity index is 1320. The van der Waals surface area contributed by atoms with Crippen molar-refractivity contribution in [2.24, 2.45) is 0 Å². The maximum absolute atomic E-state index is 9.63. The quantitative estimate of drug-likeness (QED) is 0.349. The molecule has 4 aromatic rings. The van der Waals surface area contributed by atoms with Crippen LogP contribution in [-0.4, -0.2) is 13.2 Å². The third-order valence-electron chi connectivity index (χ3n) is 6.92. The summed E-state index contributed by atoms with van der Waals surface area (Å²) in [4.78, 5) is 2.42. The summed E-state index contributed by atoms with van der Waals surface area (Å²) in [7, 11) is -1.36. The van der Waals surface area contributed by atoms with Gasteiger partial charge in [0, 0.05) is 11.1 Å². The minimum atomic E-state index is -1.36. The molecule has 0 atom stereocenters. The topological polar surface area (TPSA) is 23.5 Å². The number of fused-ring (bicyclic) bond motifs is 4. The highest BCUT2D eigenvalue weighted by Crippen LogP contribution is 2.53. The van der Waals surface area contributed by atoms with Gasteiger partial charge >= 0.3 is 0 Å². The first-order valence-corrected chi connectivity index (χ1v) is 14.9. The molecule has 0 fully saturated rings. The highest BCUT2D eigenvalue weighted by atomic mass is 28.3. The summed E-state index contributed by atoms with van der Waals surface area (Å²) in [6.45, 7) is 11.9. The maximum atomic E-state index is 9.63. The Morgan fingerprint density at radius 3 is 2.22 bits per heavy atom. The van der Waals surface area contributed by atoms with Gasteiger partial charge < -0.3 is 10.0 Å². The summed E-state index contributed by atoms with van der Waals surface area (Å²) >= 11 is 0.